The third-order valence-electron chi connectivity index (χ3n) is 7.56. The van der Waals surface area contributed by atoms with Crippen LogP contribution in [-0.4, -0.2) is 0 Å². The molecule has 2 aliphatic carbocycles. The highest BCUT2D eigenvalue weighted by Gasteiger charge is 2.30. The zero-order chi connectivity index (χ0) is 17.6. The molecule has 0 heteroatoms. The molecule has 26 heavy (non-hydrogen) atoms. The molecule has 3 rings (SSSR count). The second-order valence-electron chi connectivity index (χ2n) is 9.31. The van der Waals surface area contributed by atoms with Crippen LogP contribution < -0.4 is 0 Å². The van der Waals surface area contributed by atoms with E-state index in [1.165, 1.54) is 75.3 Å². The Labute approximate surface area is 164 Å². The molecule has 1 aromatic carbocycles. The van der Waals surface area contributed by atoms with Gasteiger partial charge in [-0.2, -0.15) is 0 Å². The van der Waals surface area contributed by atoms with Crippen molar-refractivity contribution in [3.05, 3.63) is 34.9 Å². The standard InChI is InChI=1S/C25H40.CH4/c1-4-5-21-10-14-24(15-11-21)25-16-12-22(13-17-25)8-9-23-7-6-19(2)20(3)18-23;/h6-7,18,21-22,24-25H,4-5,8-17H2,1-3H3;1H4. The molecule has 0 amide bonds. The third-order valence-corrected chi connectivity index (χ3v) is 7.56. The summed E-state index contributed by atoms with van der Waals surface area (Å²) in [7, 11) is 0. The van der Waals surface area contributed by atoms with E-state index in [0.29, 0.717) is 0 Å². The third kappa shape index (κ3) is 5.86. The molecule has 0 aliphatic heterocycles. The predicted octanol–water partition coefficient (Wildman–Crippen LogP) is 8.29. The fourth-order valence-corrected chi connectivity index (χ4v) is 5.63. The highest BCUT2D eigenvalue weighted by molar-refractivity contribution is 5.29. The normalized spacial score (nSPS) is 29.2. The molecule has 1 aromatic rings. The fraction of sp³-hybridized carbons (Fsp3) is 0.769. The predicted molar refractivity (Wildman–Crippen MR) is 117 cm³/mol. The van der Waals surface area contributed by atoms with E-state index in [0.717, 1.165) is 23.7 Å². The first-order valence-corrected chi connectivity index (χ1v) is 11.2. The molecule has 0 nitrogen and oxygen atoms in total. The number of aryl methyl sites for hydroxylation is 3. The highest BCUT2D eigenvalue weighted by Crippen LogP contribution is 2.42. The lowest BCUT2D eigenvalue weighted by Crippen LogP contribution is -2.26. The molecule has 0 spiro atoms. The molecule has 2 fully saturated rings. The molecule has 2 aliphatic rings. The molecule has 0 saturated heterocycles. The van der Waals surface area contributed by atoms with Crippen LogP contribution in [-0.2, 0) is 6.42 Å². The van der Waals surface area contributed by atoms with Crippen molar-refractivity contribution < 1.29 is 0 Å². The van der Waals surface area contributed by atoms with Crippen molar-refractivity contribution in [3.8, 4) is 0 Å². The van der Waals surface area contributed by atoms with Crippen molar-refractivity contribution in [1.29, 1.82) is 0 Å². The van der Waals surface area contributed by atoms with Crippen molar-refractivity contribution in [3.63, 3.8) is 0 Å². The number of benzene rings is 1. The molecular formula is C26H44. The Morgan fingerprint density at radius 1 is 0.731 bits per heavy atom. The van der Waals surface area contributed by atoms with Crippen LogP contribution in [0.3, 0.4) is 0 Å². The van der Waals surface area contributed by atoms with E-state index in [1.807, 2.05) is 0 Å². The van der Waals surface area contributed by atoms with Gasteiger partial charge in [0.2, 0.25) is 0 Å². The number of rotatable bonds is 6. The minimum Gasteiger partial charge on any atom is -0.0776 e. The van der Waals surface area contributed by atoms with Crippen molar-refractivity contribution in [1.82, 2.24) is 0 Å². The molecule has 0 heterocycles. The van der Waals surface area contributed by atoms with Gasteiger partial charge in [0.25, 0.3) is 0 Å². The van der Waals surface area contributed by atoms with Gasteiger partial charge < -0.3 is 0 Å². The van der Waals surface area contributed by atoms with E-state index in [1.54, 1.807) is 18.4 Å². The SMILES string of the molecule is C.CCCC1CCC(C2CCC(CCc3ccc(C)c(C)c3)CC2)CC1. The van der Waals surface area contributed by atoms with Gasteiger partial charge >= 0.3 is 0 Å². The minimum atomic E-state index is 0. The van der Waals surface area contributed by atoms with Crippen molar-refractivity contribution in [2.45, 2.75) is 105 Å². The Hall–Kier alpha value is -0.780. The number of hydrogen-bond acceptors (Lipinski definition) is 0. The molecule has 0 aromatic heterocycles. The topological polar surface area (TPSA) is 0 Å². The first-order chi connectivity index (χ1) is 12.2. The lowest BCUT2D eigenvalue weighted by molar-refractivity contribution is 0.141. The highest BCUT2D eigenvalue weighted by atomic mass is 14.4. The van der Waals surface area contributed by atoms with Crippen LogP contribution in [0.25, 0.3) is 0 Å². The smallest absolute Gasteiger partial charge is 0.0276 e. The Bertz CT molecular complexity index is 513. The monoisotopic (exact) mass is 356 g/mol. The minimum absolute atomic E-state index is 0. The largest absolute Gasteiger partial charge is 0.0776 e. The summed E-state index contributed by atoms with van der Waals surface area (Å²) in [6.45, 7) is 6.82. The average molecular weight is 357 g/mol. The van der Waals surface area contributed by atoms with Crippen LogP contribution in [0.15, 0.2) is 18.2 Å². The van der Waals surface area contributed by atoms with Gasteiger partial charge in [-0.3, -0.25) is 0 Å². The van der Waals surface area contributed by atoms with Crippen LogP contribution in [0, 0.1) is 37.5 Å². The summed E-state index contributed by atoms with van der Waals surface area (Å²) in [5.74, 6) is 4.21. The Morgan fingerprint density at radius 3 is 1.77 bits per heavy atom. The molecule has 148 valence electrons. The molecule has 0 bridgehead atoms. The van der Waals surface area contributed by atoms with E-state index >= 15 is 0 Å². The van der Waals surface area contributed by atoms with Gasteiger partial charge in [-0.05, 0) is 92.7 Å². The Kier molecular flexibility index (Phi) is 8.71. The van der Waals surface area contributed by atoms with E-state index in [-0.39, 0.29) is 7.43 Å². The van der Waals surface area contributed by atoms with E-state index in [4.69, 9.17) is 0 Å². The van der Waals surface area contributed by atoms with Gasteiger partial charge in [-0.1, -0.05) is 71.1 Å². The van der Waals surface area contributed by atoms with Crippen molar-refractivity contribution >= 4 is 0 Å². The average Bonchev–Trinajstić information content (AvgIpc) is 2.64. The zero-order valence-corrected chi connectivity index (χ0v) is 17.0. The molecule has 2 saturated carbocycles. The van der Waals surface area contributed by atoms with Gasteiger partial charge in [0.05, 0.1) is 0 Å². The fourth-order valence-electron chi connectivity index (χ4n) is 5.63. The summed E-state index contributed by atoms with van der Waals surface area (Å²) in [6, 6.07) is 7.06. The zero-order valence-electron chi connectivity index (χ0n) is 17.0. The second kappa shape index (κ2) is 10.5. The van der Waals surface area contributed by atoms with Crippen LogP contribution in [0.1, 0.15) is 102 Å². The lowest BCUT2D eigenvalue weighted by atomic mass is 9.68. The van der Waals surface area contributed by atoms with E-state index < -0.39 is 0 Å². The molecule has 0 radical (unpaired) electrons. The summed E-state index contributed by atoms with van der Waals surface area (Å²) in [5, 5.41) is 0. The first-order valence-electron chi connectivity index (χ1n) is 11.2. The summed E-state index contributed by atoms with van der Waals surface area (Å²) in [5.41, 5.74) is 4.44. The second-order valence-corrected chi connectivity index (χ2v) is 9.31. The van der Waals surface area contributed by atoms with E-state index in [2.05, 4.69) is 39.0 Å². The molecular weight excluding hydrogens is 312 g/mol. The van der Waals surface area contributed by atoms with Crippen LogP contribution in [0.5, 0.6) is 0 Å². The first kappa shape index (κ1) is 21.5. The van der Waals surface area contributed by atoms with Gasteiger partial charge in [-0.15, -0.1) is 0 Å². The maximum absolute atomic E-state index is 2.41. The summed E-state index contributed by atoms with van der Waals surface area (Å²) in [6.07, 6.45) is 17.8. The maximum Gasteiger partial charge on any atom is -0.0276 e. The molecule has 0 atom stereocenters. The van der Waals surface area contributed by atoms with Crippen molar-refractivity contribution in [2.75, 3.05) is 0 Å². The Morgan fingerprint density at radius 2 is 1.27 bits per heavy atom. The van der Waals surface area contributed by atoms with Gasteiger partial charge in [-0.25, -0.2) is 0 Å². The Balaban J connectivity index is 0.00000243. The van der Waals surface area contributed by atoms with Crippen LogP contribution in [0.2, 0.25) is 0 Å². The quantitative estimate of drug-likeness (QED) is 0.481. The molecule has 0 unspecified atom stereocenters. The summed E-state index contributed by atoms with van der Waals surface area (Å²) >= 11 is 0. The lowest BCUT2D eigenvalue weighted by Gasteiger charge is -2.38. The van der Waals surface area contributed by atoms with Gasteiger partial charge in [0.15, 0.2) is 0 Å². The van der Waals surface area contributed by atoms with Crippen LogP contribution >= 0.6 is 0 Å². The number of hydrogen-bond donors (Lipinski definition) is 0. The summed E-state index contributed by atoms with van der Waals surface area (Å²) < 4.78 is 0. The maximum atomic E-state index is 2.41. The van der Waals surface area contributed by atoms with Gasteiger partial charge in [0.1, 0.15) is 0 Å². The van der Waals surface area contributed by atoms with Gasteiger partial charge in [0, 0.05) is 0 Å². The summed E-state index contributed by atoms with van der Waals surface area (Å²) in [4.78, 5) is 0. The van der Waals surface area contributed by atoms with Crippen LogP contribution in [0.4, 0.5) is 0 Å². The van der Waals surface area contributed by atoms with Crippen molar-refractivity contribution in [2.24, 2.45) is 23.7 Å². The van der Waals surface area contributed by atoms with E-state index in [9.17, 15) is 0 Å². The molecule has 0 N–H and O–H groups in total.